The molecule has 0 fully saturated rings. The van der Waals surface area contributed by atoms with E-state index >= 15 is 0 Å². The molecule has 0 heterocycles. The molecule has 0 aliphatic rings. The first kappa shape index (κ1) is 13.7. The van der Waals surface area contributed by atoms with Gasteiger partial charge in [0.1, 0.15) is 0 Å². The van der Waals surface area contributed by atoms with Crippen LogP contribution in [0.5, 0.6) is 0 Å². The molecule has 0 heteroatoms. The average Bonchev–Trinajstić information content (AvgIpc) is 2.21. The van der Waals surface area contributed by atoms with Gasteiger partial charge in [-0.3, -0.25) is 0 Å². The highest BCUT2D eigenvalue weighted by atomic mass is 14.0. The molecule has 0 aromatic carbocycles. The van der Waals surface area contributed by atoms with E-state index in [0.29, 0.717) is 0 Å². The highest BCUT2D eigenvalue weighted by molar-refractivity contribution is 5.01. The predicted octanol–water partition coefficient (Wildman–Crippen LogP) is 5.48. The highest BCUT2D eigenvalue weighted by Gasteiger charge is 1.96. The second kappa shape index (κ2) is 10.8. The van der Waals surface area contributed by atoms with Gasteiger partial charge < -0.3 is 0 Å². The number of allylic oxidation sites excluding steroid dienone is 2. The first-order valence-corrected chi connectivity index (χ1v) is 6.53. The molecular formula is C14H28. The summed E-state index contributed by atoms with van der Waals surface area (Å²) in [5.74, 6) is 0. The van der Waals surface area contributed by atoms with Gasteiger partial charge in [0.2, 0.25) is 0 Å². The van der Waals surface area contributed by atoms with Crippen LogP contribution in [0.3, 0.4) is 0 Å². The molecule has 0 amide bonds. The second-order valence-corrected chi connectivity index (χ2v) is 4.21. The fourth-order valence-corrected chi connectivity index (χ4v) is 1.68. The molecule has 0 saturated carbocycles. The number of hydrogen-bond donors (Lipinski definition) is 0. The summed E-state index contributed by atoms with van der Waals surface area (Å²) < 4.78 is 0. The third kappa shape index (κ3) is 8.34. The lowest BCUT2D eigenvalue weighted by atomic mass is 10.0. The van der Waals surface area contributed by atoms with Crippen molar-refractivity contribution in [3.8, 4) is 0 Å². The summed E-state index contributed by atoms with van der Waals surface area (Å²) >= 11 is 0. The first-order valence-electron chi connectivity index (χ1n) is 6.53. The van der Waals surface area contributed by atoms with Crippen molar-refractivity contribution in [1.82, 2.24) is 0 Å². The Morgan fingerprint density at radius 3 is 2.00 bits per heavy atom. The number of rotatable bonds is 9. The van der Waals surface area contributed by atoms with Crippen molar-refractivity contribution in [2.75, 3.05) is 0 Å². The third-order valence-electron chi connectivity index (χ3n) is 2.67. The van der Waals surface area contributed by atoms with Crippen LogP contribution in [0.15, 0.2) is 11.6 Å². The SMILES string of the molecule is CCCC=C(CCCC)CCCCC. The van der Waals surface area contributed by atoms with Crippen LogP contribution in [0.2, 0.25) is 0 Å². The molecule has 0 aromatic rings. The van der Waals surface area contributed by atoms with Gasteiger partial charge in [-0.15, -0.1) is 0 Å². The summed E-state index contributed by atoms with van der Waals surface area (Å²) in [5, 5.41) is 0. The monoisotopic (exact) mass is 196 g/mol. The van der Waals surface area contributed by atoms with Crippen molar-refractivity contribution in [3.05, 3.63) is 11.6 Å². The summed E-state index contributed by atoms with van der Waals surface area (Å²) in [7, 11) is 0. The van der Waals surface area contributed by atoms with Crippen molar-refractivity contribution in [3.63, 3.8) is 0 Å². The van der Waals surface area contributed by atoms with Gasteiger partial charge in [0.25, 0.3) is 0 Å². The van der Waals surface area contributed by atoms with E-state index in [-0.39, 0.29) is 0 Å². The molecule has 0 spiro atoms. The molecule has 0 rings (SSSR count). The molecule has 0 aliphatic heterocycles. The van der Waals surface area contributed by atoms with E-state index in [2.05, 4.69) is 26.8 Å². The summed E-state index contributed by atoms with van der Waals surface area (Å²) in [6.45, 7) is 6.82. The van der Waals surface area contributed by atoms with Gasteiger partial charge in [0, 0.05) is 0 Å². The van der Waals surface area contributed by atoms with E-state index in [1.807, 2.05) is 0 Å². The summed E-state index contributed by atoms with van der Waals surface area (Å²) in [6.07, 6.45) is 14.6. The van der Waals surface area contributed by atoms with Gasteiger partial charge in [0.05, 0.1) is 0 Å². The number of hydrogen-bond acceptors (Lipinski definition) is 0. The third-order valence-corrected chi connectivity index (χ3v) is 2.67. The molecule has 0 radical (unpaired) electrons. The van der Waals surface area contributed by atoms with E-state index in [1.165, 1.54) is 57.8 Å². The fourth-order valence-electron chi connectivity index (χ4n) is 1.68. The zero-order valence-electron chi connectivity index (χ0n) is 10.4. The zero-order valence-corrected chi connectivity index (χ0v) is 10.4. The minimum Gasteiger partial charge on any atom is -0.0853 e. The Balaban J connectivity index is 3.72. The van der Waals surface area contributed by atoms with E-state index < -0.39 is 0 Å². The molecule has 0 nitrogen and oxygen atoms in total. The largest absolute Gasteiger partial charge is 0.0853 e. The maximum absolute atomic E-state index is 2.49. The average molecular weight is 196 g/mol. The van der Waals surface area contributed by atoms with E-state index in [1.54, 1.807) is 5.57 Å². The minimum absolute atomic E-state index is 1.28. The quantitative estimate of drug-likeness (QED) is 0.338. The van der Waals surface area contributed by atoms with Crippen LogP contribution in [-0.2, 0) is 0 Å². The fraction of sp³-hybridized carbons (Fsp3) is 0.857. The Labute approximate surface area is 90.8 Å². The van der Waals surface area contributed by atoms with Crippen LogP contribution in [0.1, 0.15) is 78.6 Å². The molecule has 0 aromatic heterocycles. The zero-order chi connectivity index (χ0) is 10.6. The molecule has 14 heavy (non-hydrogen) atoms. The van der Waals surface area contributed by atoms with Gasteiger partial charge in [-0.1, -0.05) is 58.1 Å². The van der Waals surface area contributed by atoms with Crippen LogP contribution in [0.4, 0.5) is 0 Å². The Morgan fingerprint density at radius 1 is 0.786 bits per heavy atom. The van der Waals surface area contributed by atoms with Crippen molar-refractivity contribution < 1.29 is 0 Å². The van der Waals surface area contributed by atoms with Crippen molar-refractivity contribution in [2.45, 2.75) is 78.6 Å². The molecule has 84 valence electrons. The van der Waals surface area contributed by atoms with Crippen LogP contribution >= 0.6 is 0 Å². The number of unbranched alkanes of at least 4 members (excludes halogenated alkanes) is 4. The second-order valence-electron chi connectivity index (χ2n) is 4.21. The molecule has 0 atom stereocenters. The summed E-state index contributed by atoms with van der Waals surface area (Å²) in [5.41, 5.74) is 1.72. The van der Waals surface area contributed by atoms with E-state index in [0.717, 1.165) is 0 Å². The molecule has 0 unspecified atom stereocenters. The van der Waals surface area contributed by atoms with Crippen molar-refractivity contribution in [2.24, 2.45) is 0 Å². The van der Waals surface area contributed by atoms with Gasteiger partial charge in [-0.2, -0.15) is 0 Å². The maximum Gasteiger partial charge on any atom is -0.0320 e. The highest BCUT2D eigenvalue weighted by Crippen LogP contribution is 2.16. The Bertz CT molecular complexity index is 133. The first-order chi connectivity index (χ1) is 6.85. The van der Waals surface area contributed by atoms with E-state index in [9.17, 15) is 0 Å². The van der Waals surface area contributed by atoms with Gasteiger partial charge in [-0.25, -0.2) is 0 Å². The lowest BCUT2D eigenvalue weighted by molar-refractivity contribution is 0.673. The van der Waals surface area contributed by atoms with Gasteiger partial charge in [-0.05, 0) is 32.1 Å². The Kier molecular flexibility index (Phi) is 10.6. The van der Waals surface area contributed by atoms with Crippen LogP contribution in [-0.4, -0.2) is 0 Å². The maximum atomic E-state index is 2.49. The molecule has 0 saturated heterocycles. The van der Waals surface area contributed by atoms with Crippen LogP contribution in [0.25, 0.3) is 0 Å². The van der Waals surface area contributed by atoms with Crippen molar-refractivity contribution >= 4 is 0 Å². The van der Waals surface area contributed by atoms with Crippen molar-refractivity contribution in [1.29, 1.82) is 0 Å². The normalized spacial score (nSPS) is 12.1. The summed E-state index contributed by atoms with van der Waals surface area (Å²) in [6, 6.07) is 0. The standard InChI is InChI=1S/C14H28/c1-4-7-10-13-14(11-8-5-2)12-9-6-3/h11H,4-10,12-13H2,1-3H3. The van der Waals surface area contributed by atoms with Crippen LogP contribution in [0, 0.1) is 0 Å². The smallest absolute Gasteiger partial charge is 0.0320 e. The molecule has 0 bridgehead atoms. The molecule has 0 N–H and O–H groups in total. The Hall–Kier alpha value is -0.260. The lowest BCUT2D eigenvalue weighted by Crippen LogP contribution is -1.86. The summed E-state index contributed by atoms with van der Waals surface area (Å²) in [4.78, 5) is 0. The van der Waals surface area contributed by atoms with Gasteiger partial charge in [0.15, 0.2) is 0 Å². The predicted molar refractivity (Wildman–Crippen MR) is 66.7 cm³/mol. The Morgan fingerprint density at radius 2 is 1.43 bits per heavy atom. The molecular weight excluding hydrogens is 168 g/mol. The lowest BCUT2D eigenvalue weighted by Gasteiger charge is -2.06. The van der Waals surface area contributed by atoms with Gasteiger partial charge >= 0.3 is 0 Å². The minimum atomic E-state index is 1.28. The topological polar surface area (TPSA) is 0 Å². The van der Waals surface area contributed by atoms with E-state index in [4.69, 9.17) is 0 Å². The molecule has 0 aliphatic carbocycles. The van der Waals surface area contributed by atoms with Crippen LogP contribution < -0.4 is 0 Å².